The van der Waals surface area contributed by atoms with Crippen LogP contribution in [0.25, 0.3) is 0 Å². The number of hydrogen-bond acceptors (Lipinski definition) is 4. The second kappa shape index (κ2) is 4.91. The summed E-state index contributed by atoms with van der Waals surface area (Å²) in [7, 11) is -3.29. The molecule has 2 amide bonds. The normalized spacial score (nSPS) is 30.9. The monoisotopic (exact) mass is 312 g/mol. The Bertz CT molecular complexity index is 578. The summed E-state index contributed by atoms with van der Waals surface area (Å²) in [6.07, 6.45) is 5.14. The number of rotatable bonds is 3. The van der Waals surface area contributed by atoms with Gasteiger partial charge in [0, 0.05) is 13.1 Å². The molecular weight excluding hydrogens is 292 g/mol. The van der Waals surface area contributed by atoms with Gasteiger partial charge in [-0.25, -0.2) is 8.42 Å². The lowest BCUT2D eigenvalue weighted by Crippen LogP contribution is -2.63. The second-order valence-corrected chi connectivity index (χ2v) is 8.76. The first-order valence-electron chi connectivity index (χ1n) is 7.35. The van der Waals surface area contributed by atoms with E-state index in [9.17, 15) is 18.0 Å². The van der Waals surface area contributed by atoms with Crippen LogP contribution in [0.15, 0.2) is 12.2 Å². The van der Waals surface area contributed by atoms with Crippen molar-refractivity contribution >= 4 is 21.8 Å². The maximum absolute atomic E-state index is 12.4. The molecule has 2 saturated heterocycles. The van der Waals surface area contributed by atoms with Gasteiger partial charge in [-0.3, -0.25) is 14.5 Å². The topological polar surface area (TPSA) is 74.8 Å². The zero-order chi connectivity index (χ0) is 15.4. The predicted octanol–water partition coefficient (Wildman–Crippen LogP) is 0.360. The largest absolute Gasteiger partial charge is 0.276 e. The van der Waals surface area contributed by atoms with E-state index in [1.165, 1.54) is 9.21 Å². The maximum atomic E-state index is 12.4. The molecule has 6 nitrogen and oxygen atoms in total. The molecule has 7 heteroatoms. The lowest BCUT2D eigenvalue weighted by molar-refractivity contribution is -0.145. The molecule has 0 aromatic heterocycles. The number of amides is 2. The average molecular weight is 312 g/mol. The molecule has 0 N–H and O–H groups in total. The smallest absolute Gasteiger partial charge is 0.233 e. The number of hydrogen-bond donors (Lipinski definition) is 0. The second-order valence-electron chi connectivity index (χ2n) is 6.27. The van der Waals surface area contributed by atoms with Gasteiger partial charge in [0.2, 0.25) is 21.8 Å². The molecule has 0 bridgehead atoms. The van der Waals surface area contributed by atoms with Crippen molar-refractivity contribution in [2.24, 2.45) is 11.8 Å². The van der Waals surface area contributed by atoms with Gasteiger partial charge in [-0.2, -0.15) is 4.31 Å². The van der Waals surface area contributed by atoms with E-state index >= 15 is 0 Å². The minimum atomic E-state index is -3.29. The van der Waals surface area contributed by atoms with Crippen molar-refractivity contribution in [2.75, 3.05) is 13.1 Å². The molecule has 21 heavy (non-hydrogen) atoms. The molecule has 0 aromatic rings. The van der Waals surface area contributed by atoms with E-state index in [0.717, 1.165) is 0 Å². The Kier molecular flexibility index (Phi) is 3.44. The number of allylic oxidation sites excluding steroid dienone is 2. The summed E-state index contributed by atoms with van der Waals surface area (Å²) >= 11 is 0. The van der Waals surface area contributed by atoms with Gasteiger partial charge >= 0.3 is 0 Å². The molecule has 0 saturated carbocycles. The SMILES string of the molecule is CC(C)S(=O)(=O)N1CC(N2C(=O)C3CC=CCC3C2=O)C1. The molecule has 0 aromatic carbocycles. The van der Waals surface area contributed by atoms with Gasteiger partial charge < -0.3 is 0 Å². The minimum Gasteiger partial charge on any atom is -0.276 e. The van der Waals surface area contributed by atoms with Crippen LogP contribution in [0.5, 0.6) is 0 Å². The Balaban J connectivity index is 1.71. The number of carbonyl (C=O) groups is 2. The third kappa shape index (κ3) is 2.14. The Labute approximate surface area is 124 Å². The molecule has 2 aliphatic heterocycles. The fourth-order valence-electron chi connectivity index (χ4n) is 3.27. The van der Waals surface area contributed by atoms with Gasteiger partial charge in [-0.05, 0) is 26.7 Å². The molecule has 0 spiro atoms. The summed E-state index contributed by atoms with van der Waals surface area (Å²) in [5.74, 6) is -0.724. The van der Waals surface area contributed by atoms with Gasteiger partial charge in [-0.1, -0.05) is 12.2 Å². The number of imide groups is 1. The highest BCUT2D eigenvalue weighted by molar-refractivity contribution is 7.89. The van der Waals surface area contributed by atoms with E-state index in [2.05, 4.69) is 0 Å². The van der Waals surface area contributed by atoms with E-state index < -0.39 is 15.3 Å². The first-order chi connectivity index (χ1) is 9.84. The van der Waals surface area contributed by atoms with Crippen LogP contribution in [0.2, 0.25) is 0 Å². The van der Waals surface area contributed by atoms with Crippen molar-refractivity contribution in [2.45, 2.75) is 38.0 Å². The van der Waals surface area contributed by atoms with Crippen LogP contribution in [0.3, 0.4) is 0 Å². The highest BCUT2D eigenvalue weighted by Gasteiger charge is 2.53. The molecular formula is C14H20N2O4S. The van der Waals surface area contributed by atoms with Gasteiger partial charge in [-0.15, -0.1) is 0 Å². The summed E-state index contributed by atoms with van der Waals surface area (Å²) in [6.45, 7) is 3.75. The zero-order valence-electron chi connectivity index (χ0n) is 12.2. The molecule has 0 radical (unpaired) electrons. The quantitative estimate of drug-likeness (QED) is 0.557. The fourth-order valence-corrected chi connectivity index (χ4v) is 4.63. The van der Waals surface area contributed by atoms with E-state index in [0.29, 0.717) is 12.8 Å². The van der Waals surface area contributed by atoms with Crippen LogP contribution in [0, 0.1) is 11.8 Å². The van der Waals surface area contributed by atoms with Crippen LogP contribution in [0.1, 0.15) is 26.7 Å². The van der Waals surface area contributed by atoms with Crippen molar-refractivity contribution in [1.29, 1.82) is 0 Å². The average Bonchev–Trinajstić information content (AvgIpc) is 2.62. The minimum absolute atomic E-state index is 0.124. The van der Waals surface area contributed by atoms with Crippen LogP contribution >= 0.6 is 0 Å². The maximum Gasteiger partial charge on any atom is 0.233 e. The Hall–Kier alpha value is -1.21. The van der Waals surface area contributed by atoms with E-state index in [1.54, 1.807) is 13.8 Å². The van der Waals surface area contributed by atoms with E-state index in [1.807, 2.05) is 12.2 Å². The lowest BCUT2D eigenvalue weighted by atomic mass is 9.85. The van der Waals surface area contributed by atoms with E-state index in [4.69, 9.17) is 0 Å². The Morgan fingerprint density at radius 3 is 1.95 bits per heavy atom. The third-order valence-corrected chi connectivity index (χ3v) is 6.90. The van der Waals surface area contributed by atoms with Crippen molar-refractivity contribution in [3.63, 3.8) is 0 Å². The molecule has 3 rings (SSSR count). The highest BCUT2D eigenvalue weighted by atomic mass is 32.2. The zero-order valence-corrected chi connectivity index (χ0v) is 13.0. The fraction of sp³-hybridized carbons (Fsp3) is 0.714. The Morgan fingerprint density at radius 1 is 1.05 bits per heavy atom. The molecule has 2 fully saturated rings. The van der Waals surface area contributed by atoms with Gasteiger partial charge in [0.1, 0.15) is 0 Å². The standard InChI is InChI=1S/C14H20N2O4S/c1-9(2)21(19,20)15-7-10(8-15)16-13(17)11-5-3-4-6-12(11)14(16)18/h3-4,9-12H,5-8H2,1-2H3. The summed E-state index contributed by atoms with van der Waals surface area (Å²) in [6, 6.07) is -0.288. The van der Waals surface area contributed by atoms with E-state index in [-0.39, 0.29) is 42.8 Å². The first kappa shape index (κ1) is 14.7. The predicted molar refractivity (Wildman–Crippen MR) is 76.6 cm³/mol. The molecule has 1 aliphatic carbocycles. The first-order valence-corrected chi connectivity index (χ1v) is 8.85. The van der Waals surface area contributed by atoms with Crippen molar-refractivity contribution in [3.05, 3.63) is 12.2 Å². The van der Waals surface area contributed by atoms with Crippen molar-refractivity contribution < 1.29 is 18.0 Å². The van der Waals surface area contributed by atoms with Crippen LogP contribution < -0.4 is 0 Å². The molecule has 3 aliphatic rings. The summed E-state index contributed by atoms with van der Waals surface area (Å²) in [5, 5.41) is -0.477. The van der Waals surface area contributed by atoms with Gasteiger partial charge in [0.15, 0.2) is 0 Å². The van der Waals surface area contributed by atoms with Crippen LogP contribution in [-0.4, -0.2) is 53.8 Å². The van der Waals surface area contributed by atoms with Crippen LogP contribution in [-0.2, 0) is 19.6 Å². The molecule has 2 atom stereocenters. The van der Waals surface area contributed by atoms with Crippen LogP contribution in [0.4, 0.5) is 0 Å². The third-order valence-electron chi connectivity index (χ3n) is 4.69. The Morgan fingerprint density at radius 2 is 1.52 bits per heavy atom. The molecule has 2 heterocycles. The van der Waals surface area contributed by atoms with Gasteiger partial charge in [0.05, 0.1) is 23.1 Å². The summed E-state index contributed by atoms with van der Waals surface area (Å²) in [4.78, 5) is 26.1. The highest BCUT2D eigenvalue weighted by Crippen LogP contribution is 2.37. The van der Waals surface area contributed by atoms with Crippen molar-refractivity contribution in [1.82, 2.24) is 9.21 Å². The van der Waals surface area contributed by atoms with Gasteiger partial charge in [0.25, 0.3) is 0 Å². The lowest BCUT2D eigenvalue weighted by Gasteiger charge is -2.42. The number of nitrogens with zero attached hydrogens (tertiary/aromatic N) is 2. The number of likely N-dealkylation sites (tertiary alicyclic amines) is 1. The number of carbonyl (C=O) groups excluding carboxylic acids is 2. The number of sulfonamides is 1. The number of fused-ring (bicyclic) bond motifs is 1. The molecule has 2 unspecified atom stereocenters. The molecule has 116 valence electrons. The summed E-state index contributed by atoms with van der Waals surface area (Å²) in [5.41, 5.74) is 0. The summed E-state index contributed by atoms with van der Waals surface area (Å²) < 4.78 is 25.4. The van der Waals surface area contributed by atoms with Crippen molar-refractivity contribution in [3.8, 4) is 0 Å².